The fraction of sp³-hybridized carbons (Fsp3) is 0.222. The van der Waals surface area contributed by atoms with Crippen LogP contribution in [0, 0.1) is 11.6 Å². The third-order valence-corrected chi connectivity index (χ3v) is 3.69. The molecule has 0 aliphatic carbocycles. The van der Waals surface area contributed by atoms with E-state index in [-0.39, 0.29) is 6.54 Å². The second kappa shape index (κ2) is 8.15. The number of hydrogen-bond acceptors (Lipinski definition) is 2. The molecule has 0 saturated heterocycles. The quantitative estimate of drug-likeness (QED) is 0.788. The highest BCUT2D eigenvalue weighted by atomic mass is 19.4. The average molecular weight is 386 g/mol. The summed E-state index contributed by atoms with van der Waals surface area (Å²) in [5.74, 6) is -4.20. The van der Waals surface area contributed by atoms with Crippen molar-refractivity contribution in [2.45, 2.75) is 13.1 Å². The Morgan fingerprint density at radius 1 is 1.00 bits per heavy atom. The van der Waals surface area contributed by atoms with E-state index in [0.717, 1.165) is 35.2 Å². The van der Waals surface area contributed by atoms with Gasteiger partial charge < -0.3 is 10.2 Å². The number of likely N-dealkylation sites (N-methyl/N-ethyl adjacent to an activating group) is 1. The van der Waals surface area contributed by atoms with Gasteiger partial charge in [-0.15, -0.1) is 0 Å². The van der Waals surface area contributed by atoms with Crippen molar-refractivity contribution in [1.29, 1.82) is 0 Å². The smallest absolute Gasteiger partial charge is 0.329 e. The molecule has 1 N–H and O–H groups in total. The fourth-order valence-electron chi connectivity index (χ4n) is 2.39. The van der Waals surface area contributed by atoms with E-state index in [1.54, 1.807) is 0 Å². The molecule has 4 nitrogen and oxygen atoms in total. The molecule has 2 aromatic rings. The van der Waals surface area contributed by atoms with Gasteiger partial charge in [0.25, 0.3) is 5.91 Å². The van der Waals surface area contributed by atoms with Crippen LogP contribution in [0.25, 0.3) is 0 Å². The monoisotopic (exact) mass is 386 g/mol. The highest BCUT2D eigenvalue weighted by Crippen LogP contribution is 2.34. The Balaban J connectivity index is 2.18. The van der Waals surface area contributed by atoms with Gasteiger partial charge in [0.2, 0.25) is 5.91 Å². The summed E-state index contributed by atoms with van der Waals surface area (Å²) in [5, 5.41) is 2.08. The number of rotatable bonds is 5. The lowest BCUT2D eigenvalue weighted by Crippen LogP contribution is -2.38. The van der Waals surface area contributed by atoms with Crippen LogP contribution in [0.5, 0.6) is 0 Å². The molecule has 0 fully saturated rings. The first-order valence-corrected chi connectivity index (χ1v) is 7.84. The normalized spacial score (nSPS) is 11.2. The molecule has 0 atom stereocenters. The first kappa shape index (κ1) is 20.3. The van der Waals surface area contributed by atoms with Gasteiger partial charge in [-0.2, -0.15) is 13.2 Å². The van der Waals surface area contributed by atoms with E-state index in [1.165, 1.54) is 19.1 Å². The van der Waals surface area contributed by atoms with Gasteiger partial charge in [-0.25, -0.2) is 8.78 Å². The molecule has 0 bridgehead atoms. The number of para-hydroxylation sites is 1. The molecule has 9 heteroatoms. The number of nitrogens with zero attached hydrogens (tertiary/aromatic N) is 1. The number of alkyl halides is 3. The summed E-state index contributed by atoms with van der Waals surface area (Å²) in [7, 11) is 0. The van der Waals surface area contributed by atoms with Crippen LogP contribution in [0.1, 0.15) is 22.8 Å². The second-order valence-corrected chi connectivity index (χ2v) is 5.51. The summed E-state index contributed by atoms with van der Waals surface area (Å²) in [5.41, 5.74) is -2.36. The van der Waals surface area contributed by atoms with Crippen molar-refractivity contribution >= 4 is 17.5 Å². The fourth-order valence-corrected chi connectivity index (χ4v) is 2.39. The lowest BCUT2D eigenvalue weighted by molar-refractivity contribution is -0.137. The van der Waals surface area contributed by atoms with Gasteiger partial charge in [-0.05, 0) is 31.2 Å². The third-order valence-electron chi connectivity index (χ3n) is 3.69. The Labute approximate surface area is 151 Å². The average Bonchev–Trinajstić information content (AvgIpc) is 2.59. The Kier molecular flexibility index (Phi) is 6.14. The molecule has 0 unspecified atom stereocenters. The molecule has 0 aliphatic heterocycles. The predicted molar refractivity (Wildman–Crippen MR) is 88.0 cm³/mol. The van der Waals surface area contributed by atoms with E-state index in [4.69, 9.17) is 0 Å². The highest BCUT2D eigenvalue weighted by molar-refractivity contribution is 5.99. The van der Waals surface area contributed by atoms with Crippen LogP contribution >= 0.6 is 0 Å². The van der Waals surface area contributed by atoms with Crippen molar-refractivity contribution in [2.75, 3.05) is 18.4 Å². The van der Waals surface area contributed by atoms with Crippen molar-refractivity contribution in [2.24, 2.45) is 0 Å². The zero-order valence-corrected chi connectivity index (χ0v) is 14.1. The standard InChI is InChI=1S/C18H15F5N2O2/c1-2-25(17(27)16-12(19)7-5-8-13(16)20)10-15(26)24-14-9-4-3-6-11(14)18(21,22)23/h3-9H,2,10H2,1H3,(H,24,26). The van der Waals surface area contributed by atoms with E-state index in [1.807, 2.05) is 0 Å². The summed E-state index contributed by atoms with van der Waals surface area (Å²) in [6, 6.07) is 7.21. The van der Waals surface area contributed by atoms with Crippen LogP contribution in [0.4, 0.5) is 27.6 Å². The van der Waals surface area contributed by atoms with Crippen molar-refractivity contribution in [1.82, 2.24) is 4.90 Å². The van der Waals surface area contributed by atoms with Crippen LogP contribution in [0.3, 0.4) is 0 Å². The van der Waals surface area contributed by atoms with E-state index in [9.17, 15) is 31.5 Å². The van der Waals surface area contributed by atoms with E-state index in [0.29, 0.717) is 0 Å². The maximum absolute atomic E-state index is 13.8. The lowest BCUT2D eigenvalue weighted by Gasteiger charge is -2.21. The zero-order chi connectivity index (χ0) is 20.2. The van der Waals surface area contributed by atoms with Gasteiger partial charge in [0.05, 0.1) is 11.3 Å². The van der Waals surface area contributed by atoms with Crippen LogP contribution in [0.15, 0.2) is 42.5 Å². The summed E-state index contributed by atoms with van der Waals surface area (Å²) < 4.78 is 66.4. The molecule has 0 aliphatic rings. The maximum Gasteiger partial charge on any atom is 0.418 e. The molecular weight excluding hydrogens is 371 g/mol. The Hall–Kier alpha value is -2.97. The van der Waals surface area contributed by atoms with Crippen molar-refractivity contribution in [3.8, 4) is 0 Å². The van der Waals surface area contributed by atoms with Crippen LogP contribution in [-0.2, 0) is 11.0 Å². The number of halogens is 5. The summed E-state index contributed by atoms with van der Waals surface area (Å²) in [4.78, 5) is 25.3. The molecule has 144 valence electrons. The number of anilines is 1. The minimum Gasteiger partial charge on any atom is -0.329 e. The predicted octanol–water partition coefficient (Wildman–Crippen LogP) is 4.08. The van der Waals surface area contributed by atoms with Gasteiger partial charge in [0.1, 0.15) is 23.7 Å². The number of nitrogens with one attached hydrogen (secondary N) is 1. The molecule has 0 heterocycles. The van der Waals surface area contributed by atoms with Crippen molar-refractivity contribution < 1.29 is 31.5 Å². The van der Waals surface area contributed by atoms with Gasteiger partial charge in [0, 0.05) is 6.54 Å². The number of amides is 2. The summed E-state index contributed by atoms with van der Waals surface area (Å²) in [6.07, 6.45) is -4.68. The molecule has 2 rings (SSSR count). The highest BCUT2D eigenvalue weighted by Gasteiger charge is 2.33. The molecule has 0 radical (unpaired) electrons. The Bertz CT molecular complexity index is 832. The largest absolute Gasteiger partial charge is 0.418 e. The molecule has 2 amide bonds. The lowest BCUT2D eigenvalue weighted by atomic mass is 10.1. The topological polar surface area (TPSA) is 49.4 Å². The SMILES string of the molecule is CCN(CC(=O)Nc1ccccc1C(F)(F)F)C(=O)c1c(F)cccc1F. The Morgan fingerprint density at radius 2 is 1.59 bits per heavy atom. The zero-order valence-electron chi connectivity index (χ0n) is 14.1. The number of carbonyl (C=O) groups excluding carboxylic acids is 2. The summed E-state index contributed by atoms with van der Waals surface area (Å²) >= 11 is 0. The van der Waals surface area contributed by atoms with E-state index < -0.39 is 53.0 Å². The van der Waals surface area contributed by atoms with Crippen molar-refractivity contribution in [3.63, 3.8) is 0 Å². The molecule has 2 aromatic carbocycles. The second-order valence-electron chi connectivity index (χ2n) is 5.51. The van der Waals surface area contributed by atoms with E-state index >= 15 is 0 Å². The summed E-state index contributed by atoms with van der Waals surface area (Å²) in [6.45, 7) is 0.712. The van der Waals surface area contributed by atoms with Gasteiger partial charge in [0.15, 0.2) is 0 Å². The molecule has 0 aromatic heterocycles. The number of benzene rings is 2. The van der Waals surface area contributed by atoms with Crippen LogP contribution < -0.4 is 5.32 Å². The first-order chi connectivity index (χ1) is 12.6. The van der Waals surface area contributed by atoms with Gasteiger partial charge >= 0.3 is 6.18 Å². The maximum atomic E-state index is 13.8. The molecule has 0 saturated carbocycles. The van der Waals surface area contributed by atoms with Crippen LogP contribution in [0.2, 0.25) is 0 Å². The molecular formula is C18H15F5N2O2. The number of hydrogen-bond donors (Lipinski definition) is 1. The van der Waals surface area contributed by atoms with Gasteiger partial charge in [-0.1, -0.05) is 18.2 Å². The van der Waals surface area contributed by atoms with Crippen molar-refractivity contribution in [3.05, 3.63) is 65.2 Å². The van der Waals surface area contributed by atoms with Gasteiger partial charge in [-0.3, -0.25) is 9.59 Å². The number of carbonyl (C=O) groups is 2. The van der Waals surface area contributed by atoms with Crippen LogP contribution in [-0.4, -0.2) is 29.8 Å². The minimum absolute atomic E-state index is 0.0824. The van der Waals surface area contributed by atoms with E-state index in [2.05, 4.69) is 5.32 Å². The minimum atomic E-state index is -4.68. The third kappa shape index (κ3) is 4.81. The first-order valence-electron chi connectivity index (χ1n) is 7.84. The molecule has 27 heavy (non-hydrogen) atoms. The Morgan fingerprint density at radius 3 is 2.15 bits per heavy atom. The molecule has 0 spiro atoms.